The number of hydrogen-bond acceptors (Lipinski definition) is 3. The quantitative estimate of drug-likeness (QED) is 0.465. The molecule has 0 N–H and O–H groups in total. The van der Waals surface area contributed by atoms with Crippen molar-refractivity contribution in [2.24, 2.45) is 0 Å². The van der Waals surface area contributed by atoms with Gasteiger partial charge in [-0.2, -0.15) is 0 Å². The molecule has 0 spiro atoms. The molecule has 0 bridgehead atoms. The van der Waals surface area contributed by atoms with E-state index in [2.05, 4.69) is 4.98 Å². The van der Waals surface area contributed by atoms with Gasteiger partial charge < -0.3 is 4.90 Å². The van der Waals surface area contributed by atoms with Crippen molar-refractivity contribution in [3.8, 4) is 0 Å². The summed E-state index contributed by atoms with van der Waals surface area (Å²) in [6.07, 6.45) is 3.46. The van der Waals surface area contributed by atoms with Crippen LogP contribution < -0.4 is 0 Å². The monoisotopic (exact) mass is 416 g/mol. The molecule has 2 aromatic carbocycles. The Bertz CT molecular complexity index is 934. The highest BCUT2D eigenvalue weighted by Crippen LogP contribution is 2.32. The molecule has 0 aliphatic heterocycles. The third kappa shape index (κ3) is 5.48. The maximum Gasteiger partial charge on any atom is 0.253 e. The van der Waals surface area contributed by atoms with E-state index >= 15 is 0 Å². The van der Waals surface area contributed by atoms with Crippen LogP contribution in [0.5, 0.6) is 0 Å². The number of benzene rings is 2. The van der Waals surface area contributed by atoms with Crippen molar-refractivity contribution in [1.29, 1.82) is 0 Å². The molecule has 27 heavy (non-hydrogen) atoms. The maximum atomic E-state index is 12.7. The van der Waals surface area contributed by atoms with Gasteiger partial charge in [0.2, 0.25) is 0 Å². The first-order valence-electron chi connectivity index (χ1n) is 8.34. The number of aromatic nitrogens is 1. The van der Waals surface area contributed by atoms with Crippen molar-refractivity contribution in [1.82, 2.24) is 9.88 Å². The lowest BCUT2D eigenvalue weighted by Gasteiger charge is -2.17. The summed E-state index contributed by atoms with van der Waals surface area (Å²) < 4.78 is 0. The van der Waals surface area contributed by atoms with Gasteiger partial charge in [0.1, 0.15) is 0 Å². The lowest BCUT2D eigenvalue weighted by Crippen LogP contribution is -2.26. The normalized spacial score (nSPS) is 10.6. The Morgan fingerprint density at radius 1 is 1.04 bits per heavy atom. The molecular formula is C21H18Cl2N2OS. The topological polar surface area (TPSA) is 33.2 Å². The lowest BCUT2D eigenvalue weighted by atomic mass is 10.1. The fourth-order valence-electron chi connectivity index (χ4n) is 2.60. The number of nitrogens with zero attached hydrogens (tertiary/aromatic N) is 2. The molecule has 1 amide bonds. The molecule has 3 rings (SSSR count). The van der Waals surface area contributed by atoms with Gasteiger partial charge >= 0.3 is 0 Å². The number of amides is 1. The second-order valence-corrected chi connectivity index (χ2v) is 7.94. The number of halogens is 2. The summed E-state index contributed by atoms with van der Waals surface area (Å²) in [5, 5.41) is 1.33. The highest BCUT2D eigenvalue weighted by Gasteiger charge is 2.13. The second-order valence-electron chi connectivity index (χ2n) is 6.08. The van der Waals surface area contributed by atoms with Gasteiger partial charge in [-0.3, -0.25) is 9.78 Å². The van der Waals surface area contributed by atoms with Gasteiger partial charge in [0.25, 0.3) is 5.91 Å². The van der Waals surface area contributed by atoms with Gasteiger partial charge in [-0.25, -0.2) is 0 Å². The van der Waals surface area contributed by atoms with Gasteiger partial charge in [-0.1, -0.05) is 35.3 Å². The molecule has 0 aliphatic rings. The van der Waals surface area contributed by atoms with E-state index in [1.54, 1.807) is 48.2 Å². The van der Waals surface area contributed by atoms with Crippen LogP contribution >= 0.6 is 35.0 Å². The van der Waals surface area contributed by atoms with Crippen molar-refractivity contribution in [3.05, 3.63) is 93.7 Å². The first-order valence-corrected chi connectivity index (χ1v) is 10.1. The van der Waals surface area contributed by atoms with Crippen LogP contribution in [0.15, 0.2) is 71.9 Å². The first kappa shape index (κ1) is 19.7. The number of thioether (sulfide) groups is 1. The molecule has 3 nitrogen and oxygen atoms in total. The number of carbonyl (C=O) groups is 1. The van der Waals surface area contributed by atoms with E-state index in [4.69, 9.17) is 23.2 Å². The zero-order valence-electron chi connectivity index (χ0n) is 14.7. The van der Waals surface area contributed by atoms with Crippen LogP contribution in [0.3, 0.4) is 0 Å². The lowest BCUT2D eigenvalue weighted by molar-refractivity contribution is 0.0785. The van der Waals surface area contributed by atoms with Crippen molar-refractivity contribution in [3.63, 3.8) is 0 Å². The van der Waals surface area contributed by atoms with E-state index in [0.717, 1.165) is 16.0 Å². The Labute approximate surface area is 173 Å². The Balaban J connectivity index is 1.67. The molecule has 0 aliphatic carbocycles. The SMILES string of the molecule is CN(Cc1ccncc1)C(=O)c1cccc(CSc2cc(Cl)ccc2Cl)c1. The number of hydrogen-bond donors (Lipinski definition) is 0. The molecule has 3 aromatic rings. The minimum atomic E-state index is -0.0144. The molecule has 0 atom stereocenters. The van der Waals surface area contributed by atoms with Crippen LogP contribution in [-0.2, 0) is 12.3 Å². The van der Waals surface area contributed by atoms with E-state index in [-0.39, 0.29) is 5.91 Å². The molecular weight excluding hydrogens is 399 g/mol. The largest absolute Gasteiger partial charge is 0.337 e. The van der Waals surface area contributed by atoms with Gasteiger partial charge in [0.05, 0.1) is 5.02 Å². The second kappa shape index (κ2) is 9.27. The Kier molecular flexibility index (Phi) is 6.78. The number of rotatable bonds is 6. The zero-order valence-corrected chi connectivity index (χ0v) is 17.1. The summed E-state index contributed by atoms with van der Waals surface area (Å²) in [4.78, 5) is 19.4. The third-order valence-corrected chi connectivity index (χ3v) is 5.78. The minimum Gasteiger partial charge on any atom is -0.337 e. The average Bonchev–Trinajstić information content (AvgIpc) is 2.69. The van der Waals surface area contributed by atoms with Crippen LogP contribution in [0, 0.1) is 0 Å². The predicted octanol–water partition coefficient (Wildman–Crippen LogP) is 5.95. The molecule has 138 valence electrons. The Morgan fingerprint density at radius 2 is 1.81 bits per heavy atom. The van der Waals surface area contributed by atoms with Crippen molar-refractivity contribution >= 4 is 40.9 Å². The summed E-state index contributed by atoms with van der Waals surface area (Å²) >= 11 is 13.9. The minimum absolute atomic E-state index is 0.0144. The van der Waals surface area contributed by atoms with E-state index in [9.17, 15) is 4.79 Å². The molecule has 0 saturated carbocycles. The fraction of sp³-hybridized carbons (Fsp3) is 0.143. The number of pyridine rings is 1. The molecule has 0 radical (unpaired) electrons. The molecule has 1 heterocycles. The summed E-state index contributed by atoms with van der Waals surface area (Å²) in [5.74, 6) is 0.689. The Hall–Kier alpha value is -2.01. The van der Waals surface area contributed by atoms with Gasteiger partial charge in [-0.15, -0.1) is 11.8 Å². The molecule has 1 aromatic heterocycles. The van der Waals surface area contributed by atoms with Crippen LogP contribution in [-0.4, -0.2) is 22.8 Å². The molecule has 6 heteroatoms. The molecule has 0 saturated heterocycles. The summed E-state index contributed by atoms with van der Waals surface area (Å²) in [6.45, 7) is 0.540. The summed E-state index contributed by atoms with van der Waals surface area (Å²) in [6, 6.07) is 16.9. The van der Waals surface area contributed by atoms with Crippen LogP contribution in [0.1, 0.15) is 21.5 Å². The number of carbonyl (C=O) groups excluding carboxylic acids is 1. The highest BCUT2D eigenvalue weighted by atomic mass is 35.5. The summed E-state index contributed by atoms with van der Waals surface area (Å²) in [7, 11) is 1.80. The molecule has 0 fully saturated rings. The Morgan fingerprint density at radius 3 is 2.59 bits per heavy atom. The zero-order chi connectivity index (χ0) is 19.2. The predicted molar refractivity (Wildman–Crippen MR) is 112 cm³/mol. The van der Waals surface area contributed by atoms with E-state index in [0.29, 0.717) is 27.9 Å². The van der Waals surface area contributed by atoms with Gasteiger partial charge in [0, 0.05) is 47.2 Å². The van der Waals surface area contributed by atoms with Gasteiger partial charge in [-0.05, 0) is 53.6 Å². The first-order chi connectivity index (χ1) is 13.0. The average molecular weight is 417 g/mol. The third-order valence-electron chi connectivity index (χ3n) is 3.98. The fourth-order valence-corrected chi connectivity index (χ4v) is 4.03. The standard InChI is InChI=1S/C21H18Cl2N2OS/c1-25(13-15-7-9-24-10-8-15)21(26)17-4-2-3-16(11-17)14-27-20-12-18(22)5-6-19(20)23/h2-12H,13-14H2,1H3. The smallest absolute Gasteiger partial charge is 0.253 e. The van der Waals surface area contributed by atoms with E-state index < -0.39 is 0 Å². The van der Waals surface area contributed by atoms with Crippen LogP contribution in [0.2, 0.25) is 10.0 Å². The van der Waals surface area contributed by atoms with Gasteiger partial charge in [0.15, 0.2) is 0 Å². The summed E-state index contributed by atoms with van der Waals surface area (Å²) in [5.41, 5.74) is 2.77. The van der Waals surface area contributed by atoms with Crippen LogP contribution in [0.4, 0.5) is 0 Å². The van der Waals surface area contributed by atoms with Crippen molar-refractivity contribution < 1.29 is 4.79 Å². The maximum absolute atomic E-state index is 12.7. The van der Waals surface area contributed by atoms with Crippen molar-refractivity contribution in [2.75, 3.05) is 7.05 Å². The van der Waals surface area contributed by atoms with E-state index in [1.165, 1.54) is 0 Å². The van der Waals surface area contributed by atoms with Crippen molar-refractivity contribution in [2.45, 2.75) is 17.2 Å². The molecule has 0 unspecified atom stereocenters. The van der Waals surface area contributed by atoms with E-state index in [1.807, 2.05) is 42.5 Å². The van der Waals surface area contributed by atoms with Crippen LogP contribution in [0.25, 0.3) is 0 Å². The highest BCUT2D eigenvalue weighted by molar-refractivity contribution is 7.98.